The fraction of sp³-hybridized carbons (Fsp3) is 0.455. The minimum atomic E-state index is -0.425. The van der Waals surface area contributed by atoms with E-state index in [1.807, 2.05) is 6.92 Å². The minimum Gasteiger partial charge on any atom is -0.330 e. The van der Waals surface area contributed by atoms with E-state index in [4.69, 9.17) is 5.73 Å². The Morgan fingerprint density at radius 2 is 2.38 bits per heavy atom. The SMILES string of the molecule is CCC(CN)CC(=O)Nc1ccc(F)cn1. The number of anilines is 1. The van der Waals surface area contributed by atoms with Crippen LogP contribution in [0.15, 0.2) is 18.3 Å². The Hall–Kier alpha value is -1.49. The average Bonchev–Trinajstić information content (AvgIpc) is 2.29. The maximum absolute atomic E-state index is 12.6. The molecule has 0 fully saturated rings. The van der Waals surface area contributed by atoms with Gasteiger partial charge in [0.05, 0.1) is 6.20 Å². The first kappa shape index (κ1) is 12.6. The van der Waals surface area contributed by atoms with Crippen molar-refractivity contribution in [3.63, 3.8) is 0 Å². The standard InChI is InChI=1S/C11H16FN3O/c1-2-8(6-13)5-11(16)15-10-4-3-9(12)7-14-10/h3-4,7-8H,2,5-6,13H2,1H3,(H,14,15,16). The highest BCUT2D eigenvalue weighted by Crippen LogP contribution is 2.09. The van der Waals surface area contributed by atoms with E-state index in [1.54, 1.807) is 0 Å². The smallest absolute Gasteiger partial charge is 0.225 e. The van der Waals surface area contributed by atoms with Crippen molar-refractivity contribution in [2.45, 2.75) is 19.8 Å². The number of aromatic nitrogens is 1. The highest BCUT2D eigenvalue weighted by molar-refractivity contribution is 5.89. The molecule has 0 saturated carbocycles. The lowest BCUT2D eigenvalue weighted by molar-refractivity contribution is -0.117. The van der Waals surface area contributed by atoms with Crippen LogP contribution in [0.5, 0.6) is 0 Å². The van der Waals surface area contributed by atoms with Crippen LogP contribution in [0.1, 0.15) is 19.8 Å². The summed E-state index contributed by atoms with van der Waals surface area (Å²) in [6.45, 7) is 2.47. The van der Waals surface area contributed by atoms with Gasteiger partial charge >= 0.3 is 0 Å². The quantitative estimate of drug-likeness (QED) is 0.798. The molecule has 5 heteroatoms. The number of hydrogen-bond donors (Lipinski definition) is 2. The van der Waals surface area contributed by atoms with Gasteiger partial charge in [-0.1, -0.05) is 13.3 Å². The van der Waals surface area contributed by atoms with Crippen molar-refractivity contribution in [1.29, 1.82) is 0 Å². The number of pyridine rings is 1. The third kappa shape index (κ3) is 3.94. The monoisotopic (exact) mass is 225 g/mol. The molecule has 16 heavy (non-hydrogen) atoms. The van der Waals surface area contributed by atoms with Gasteiger partial charge in [-0.05, 0) is 24.6 Å². The Kier molecular flexibility index (Phi) is 4.85. The first-order valence-electron chi connectivity index (χ1n) is 5.27. The predicted octanol–water partition coefficient (Wildman–Crippen LogP) is 1.53. The van der Waals surface area contributed by atoms with Crippen molar-refractivity contribution in [3.8, 4) is 0 Å². The zero-order valence-electron chi connectivity index (χ0n) is 9.24. The molecule has 0 aliphatic carbocycles. The van der Waals surface area contributed by atoms with Gasteiger partial charge in [-0.2, -0.15) is 0 Å². The van der Waals surface area contributed by atoms with E-state index >= 15 is 0 Å². The molecule has 1 amide bonds. The molecule has 88 valence electrons. The van der Waals surface area contributed by atoms with Crippen LogP contribution in [0.3, 0.4) is 0 Å². The van der Waals surface area contributed by atoms with E-state index in [1.165, 1.54) is 12.1 Å². The van der Waals surface area contributed by atoms with Gasteiger partial charge in [0, 0.05) is 6.42 Å². The molecule has 0 radical (unpaired) electrons. The largest absolute Gasteiger partial charge is 0.330 e. The maximum atomic E-state index is 12.6. The van der Waals surface area contributed by atoms with Crippen molar-refractivity contribution in [3.05, 3.63) is 24.1 Å². The van der Waals surface area contributed by atoms with Crippen molar-refractivity contribution in [1.82, 2.24) is 4.98 Å². The Bertz CT molecular complexity index is 336. The number of amides is 1. The van der Waals surface area contributed by atoms with Crippen LogP contribution >= 0.6 is 0 Å². The van der Waals surface area contributed by atoms with E-state index in [-0.39, 0.29) is 11.8 Å². The van der Waals surface area contributed by atoms with E-state index in [0.29, 0.717) is 18.8 Å². The molecular weight excluding hydrogens is 209 g/mol. The summed E-state index contributed by atoms with van der Waals surface area (Å²) in [6, 6.07) is 2.68. The summed E-state index contributed by atoms with van der Waals surface area (Å²) in [5.74, 6) is -0.0264. The fourth-order valence-corrected chi connectivity index (χ4v) is 1.30. The highest BCUT2D eigenvalue weighted by Gasteiger charge is 2.10. The molecule has 0 saturated heterocycles. The van der Waals surface area contributed by atoms with E-state index in [9.17, 15) is 9.18 Å². The Labute approximate surface area is 94.1 Å². The number of nitrogens with zero attached hydrogens (tertiary/aromatic N) is 1. The number of carbonyl (C=O) groups is 1. The predicted molar refractivity (Wildman–Crippen MR) is 60.3 cm³/mol. The average molecular weight is 225 g/mol. The van der Waals surface area contributed by atoms with Gasteiger partial charge in [-0.25, -0.2) is 9.37 Å². The second kappa shape index (κ2) is 6.17. The highest BCUT2D eigenvalue weighted by atomic mass is 19.1. The van der Waals surface area contributed by atoms with Gasteiger partial charge in [-0.3, -0.25) is 4.79 Å². The summed E-state index contributed by atoms with van der Waals surface area (Å²) in [4.78, 5) is 15.3. The fourth-order valence-electron chi connectivity index (χ4n) is 1.30. The Morgan fingerprint density at radius 3 is 2.88 bits per heavy atom. The van der Waals surface area contributed by atoms with Crippen molar-refractivity contribution in [2.75, 3.05) is 11.9 Å². The number of hydrogen-bond acceptors (Lipinski definition) is 3. The third-order valence-corrected chi connectivity index (χ3v) is 2.38. The van der Waals surface area contributed by atoms with Gasteiger partial charge in [0.1, 0.15) is 11.6 Å². The molecule has 1 rings (SSSR count). The lowest BCUT2D eigenvalue weighted by atomic mass is 10.0. The summed E-state index contributed by atoms with van der Waals surface area (Å²) in [5, 5.41) is 2.60. The first-order chi connectivity index (χ1) is 7.65. The van der Waals surface area contributed by atoms with E-state index in [2.05, 4.69) is 10.3 Å². The van der Waals surface area contributed by atoms with E-state index in [0.717, 1.165) is 12.6 Å². The van der Waals surface area contributed by atoms with Crippen LogP contribution in [-0.4, -0.2) is 17.4 Å². The molecule has 3 N–H and O–H groups in total. The molecule has 1 atom stereocenters. The number of rotatable bonds is 5. The van der Waals surface area contributed by atoms with Gasteiger partial charge in [0.25, 0.3) is 0 Å². The Morgan fingerprint density at radius 1 is 1.62 bits per heavy atom. The van der Waals surface area contributed by atoms with Crippen molar-refractivity contribution >= 4 is 11.7 Å². The number of halogens is 1. The molecule has 1 aromatic heterocycles. The van der Waals surface area contributed by atoms with Crippen LogP contribution in [-0.2, 0) is 4.79 Å². The first-order valence-corrected chi connectivity index (χ1v) is 5.27. The third-order valence-electron chi connectivity index (χ3n) is 2.38. The number of carbonyl (C=O) groups excluding carboxylic acids is 1. The topological polar surface area (TPSA) is 68.0 Å². The zero-order valence-corrected chi connectivity index (χ0v) is 9.24. The van der Waals surface area contributed by atoms with Crippen LogP contribution in [0.25, 0.3) is 0 Å². The second-order valence-electron chi connectivity index (χ2n) is 3.62. The molecule has 0 aliphatic heterocycles. The van der Waals surface area contributed by atoms with Crippen LogP contribution < -0.4 is 11.1 Å². The van der Waals surface area contributed by atoms with Gasteiger partial charge in [-0.15, -0.1) is 0 Å². The lowest BCUT2D eigenvalue weighted by Crippen LogP contribution is -2.22. The molecule has 0 spiro atoms. The van der Waals surface area contributed by atoms with Crippen molar-refractivity contribution in [2.24, 2.45) is 11.7 Å². The molecule has 4 nitrogen and oxygen atoms in total. The maximum Gasteiger partial charge on any atom is 0.225 e. The minimum absolute atomic E-state index is 0.142. The molecule has 0 bridgehead atoms. The van der Waals surface area contributed by atoms with Gasteiger partial charge < -0.3 is 11.1 Å². The summed E-state index contributed by atoms with van der Waals surface area (Å²) in [6.07, 6.45) is 2.29. The molecule has 1 aromatic rings. The van der Waals surface area contributed by atoms with Crippen LogP contribution in [0.4, 0.5) is 10.2 Å². The van der Waals surface area contributed by atoms with E-state index < -0.39 is 5.82 Å². The van der Waals surface area contributed by atoms with Crippen LogP contribution in [0, 0.1) is 11.7 Å². The lowest BCUT2D eigenvalue weighted by Gasteiger charge is -2.11. The summed E-state index contributed by atoms with van der Waals surface area (Å²) >= 11 is 0. The number of nitrogens with two attached hydrogens (primary N) is 1. The van der Waals surface area contributed by atoms with Crippen LogP contribution in [0.2, 0.25) is 0 Å². The molecule has 1 unspecified atom stereocenters. The molecule has 0 aliphatic rings. The molecule has 1 heterocycles. The summed E-state index contributed by atoms with van der Waals surface area (Å²) < 4.78 is 12.6. The van der Waals surface area contributed by atoms with Gasteiger partial charge in [0.2, 0.25) is 5.91 Å². The summed E-state index contributed by atoms with van der Waals surface area (Å²) in [7, 11) is 0. The second-order valence-corrected chi connectivity index (χ2v) is 3.62. The Balaban J connectivity index is 2.48. The van der Waals surface area contributed by atoms with Gasteiger partial charge in [0.15, 0.2) is 0 Å². The molecular formula is C11H16FN3O. The normalized spacial score (nSPS) is 12.2. The zero-order chi connectivity index (χ0) is 12.0. The van der Waals surface area contributed by atoms with Crippen molar-refractivity contribution < 1.29 is 9.18 Å². The number of nitrogens with one attached hydrogen (secondary N) is 1. The molecule has 0 aromatic carbocycles. The summed E-state index contributed by atoms with van der Waals surface area (Å²) in [5.41, 5.74) is 5.50.